The van der Waals surface area contributed by atoms with Crippen LogP contribution in [-0.4, -0.2) is 24.3 Å². The molecule has 21 heavy (non-hydrogen) atoms. The average Bonchev–Trinajstić information content (AvgIpc) is 3.11. The van der Waals surface area contributed by atoms with E-state index in [0.717, 1.165) is 30.4 Å². The van der Waals surface area contributed by atoms with Crippen molar-refractivity contribution >= 4 is 0 Å². The lowest BCUT2D eigenvalue weighted by Gasteiger charge is -2.45. The third-order valence-electron chi connectivity index (χ3n) is 7.19. The monoisotopic (exact) mass is 291 g/mol. The average molecular weight is 291 g/mol. The molecule has 1 N–H and O–H groups in total. The van der Waals surface area contributed by atoms with E-state index in [1.54, 1.807) is 0 Å². The SMILES string of the molecule is CC(NC1CCOC2(CCCCC2)C1)C1CC2CCC1C2. The van der Waals surface area contributed by atoms with Crippen LogP contribution in [0.2, 0.25) is 0 Å². The number of rotatable bonds is 3. The fourth-order valence-corrected chi connectivity index (χ4v) is 6.12. The Morgan fingerprint density at radius 1 is 1.05 bits per heavy atom. The lowest BCUT2D eigenvalue weighted by Crippen LogP contribution is -2.51. The van der Waals surface area contributed by atoms with Gasteiger partial charge in [-0.2, -0.15) is 0 Å². The Morgan fingerprint density at radius 2 is 1.90 bits per heavy atom. The molecule has 1 spiro atoms. The molecular weight excluding hydrogens is 258 g/mol. The van der Waals surface area contributed by atoms with E-state index >= 15 is 0 Å². The molecule has 5 unspecified atom stereocenters. The zero-order chi connectivity index (χ0) is 14.3. The van der Waals surface area contributed by atoms with Crippen molar-refractivity contribution < 1.29 is 4.74 Å². The van der Waals surface area contributed by atoms with Crippen LogP contribution in [-0.2, 0) is 4.74 Å². The summed E-state index contributed by atoms with van der Waals surface area (Å²) >= 11 is 0. The van der Waals surface area contributed by atoms with E-state index in [4.69, 9.17) is 4.74 Å². The molecule has 2 nitrogen and oxygen atoms in total. The van der Waals surface area contributed by atoms with Gasteiger partial charge in [0.25, 0.3) is 0 Å². The van der Waals surface area contributed by atoms with Gasteiger partial charge in [-0.3, -0.25) is 0 Å². The summed E-state index contributed by atoms with van der Waals surface area (Å²) in [7, 11) is 0. The van der Waals surface area contributed by atoms with Gasteiger partial charge in [-0.1, -0.05) is 25.7 Å². The molecule has 0 amide bonds. The molecule has 1 heterocycles. The van der Waals surface area contributed by atoms with Gasteiger partial charge in [0, 0.05) is 18.7 Å². The summed E-state index contributed by atoms with van der Waals surface area (Å²) in [6, 6.07) is 1.44. The van der Waals surface area contributed by atoms with Gasteiger partial charge in [0.15, 0.2) is 0 Å². The Kier molecular flexibility index (Phi) is 4.04. The molecule has 2 heteroatoms. The Bertz CT molecular complexity index is 357. The van der Waals surface area contributed by atoms with E-state index in [1.165, 1.54) is 70.6 Å². The van der Waals surface area contributed by atoms with E-state index in [9.17, 15) is 0 Å². The highest BCUT2D eigenvalue weighted by Crippen LogP contribution is 2.49. The molecule has 0 aromatic heterocycles. The number of hydrogen-bond acceptors (Lipinski definition) is 2. The van der Waals surface area contributed by atoms with E-state index in [2.05, 4.69) is 12.2 Å². The molecule has 120 valence electrons. The normalized spacial score (nSPS) is 43.3. The van der Waals surface area contributed by atoms with Gasteiger partial charge in [-0.25, -0.2) is 0 Å². The van der Waals surface area contributed by atoms with Crippen molar-refractivity contribution in [3.63, 3.8) is 0 Å². The predicted octanol–water partition coefficient (Wildman–Crippen LogP) is 4.28. The van der Waals surface area contributed by atoms with Crippen molar-refractivity contribution in [3.05, 3.63) is 0 Å². The van der Waals surface area contributed by atoms with Gasteiger partial charge in [-0.05, 0) is 69.6 Å². The third-order valence-corrected chi connectivity index (χ3v) is 7.19. The molecule has 5 atom stereocenters. The lowest BCUT2D eigenvalue weighted by molar-refractivity contribution is -0.110. The molecule has 1 aliphatic heterocycles. The molecule has 0 aromatic carbocycles. The maximum atomic E-state index is 6.25. The first kappa shape index (κ1) is 14.5. The number of hydrogen-bond donors (Lipinski definition) is 1. The maximum absolute atomic E-state index is 6.25. The Morgan fingerprint density at radius 3 is 2.62 bits per heavy atom. The molecule has 4 aliphatic rings. The summed E-state index contributed by atoms with van der Waals surface area (Å²) in [5, 5.41) is 4.04. The fraction of sp³-hybridized carbons (Fsp3) is 1.00. The van der Waals surface area contributed by atoms with E-state index < -0.39 is 0 Å². The summed E-state index contributed by atoms with van der Waals surface area (Å²) in [5.41, 5.74) is 0.253. The second-order valence-corrected chi connectivity index (χ2v) is 8.58. The molecule has 1 saturated heterocycles. The molecule has 4 rings (SSSR count). The summed E-state index contributed by atoms with van der Waals surface area (Å²) in [5.74, 6) is 3.08. The molecule has 2 bridgehead atoms. The Balaban J connectivity index is 1.33. The van der Waals surface area contributed by atoms with E-state index in [0.29, 0.717) is 6.04 Å². The van der Waals surface area contributed by atoms with Crippen LogP contribution in [0.5, 0.6) is 0 Å². The van der Waals surface area contributed by atoms with Gasteiger partial charge in [0.1, 0.15) is 0 Å². The second-order valence-electron chi connectivity index (χ2n) is 8.58. The van der Waals surface area contributed by atoms with Crippen LogP contribution in [0.15, 0.2) is 0 Å². The van der Waals surface area contributed by atoms with Crippen molar-refractivity contribution in [2.45, 2.75) is 95.2 Å². The zero-order valence-corrected chi connectivity index (χ0v) is 13.8. The lowest BCUT2D eigenvalue weighted by atomic mass is 9.77. The smallest absolute Gasteiger partial charge is 0.0697 e. The number of nitrogens with one attached hydrogen (secondary N) is 1. The van der Waals surface area contributed by atoms with Gasteiger partial charge in [-0.15, -0.1) is 0 Å². The van der Waals surface area contributed by atoms with Crippen molar-refractivity contribution in [2.24, 2.45) is 17.8 Å². The van der Waals surface area contributed by atoms with Gasteiger partial charge >= 0.3 is 0 Å². The van der Waals surface area contributed by atoms with Crippen LogP contribution in [0, 0.1) is 17.8 Å². The molecule has 3 aliphatic carbocycles. The summed E-state index contributed by atoms with van der Waals surface area (Å²) in [4.78, 5) is 0. The minimum atomic E-state index is 0.253. The fourth-order valence-electron chi connectivity index (χ4n) is 6.12. The Hall–Kier alpha value is -0.0800. The first-order chi connectivity index (χ1) is 10.2. The highest BCUT2D eigenvalue weighted by molar-refractivity contribution is 4.97. The van der Waals surface area contributed by atoms with Crippen molar-refractivity contribution in [2.75, 3.05) is 6.61 Å². The van der Waals surface area contributed by atoms with Crippen molar-refractivity contribution in [1.82, 2.24) is 5.32 Å². The van der Waals surface area contributed by atoms with E-state index in [1.807, 2.05) is 0 Å². The molecular formula is C19H33NO. The summed E-state index contributed by atoms with van der Waals surface area (Å²) in [6.45, 7) is 3.45. The Labute approximate surface area is 130 Å². The minimum Gasteiger partial charge on any atom is -0.375 e. The highest BCUT2D eigenvalue weighted by Gasteiger charge is 2.43. The maximum Gasteiger partial charge on any atom is 0.0697 e. The molecule has 0 aromatic rings. The first-order valence-corrected chi connectivity index (χ1v) is 9.64. The topological polar surface area (TPSA) is 21.3 Å². The second kappa shape index (κ2) is 5.85. The molecule has 0 radical (unpaired) electrons. The van der Waals surface area contributed by atoms with Crippen LogP contribution in [0.1, 0.15) is 77.6 Å². The first-order valence-electron chi connectivity index (χ1n) is 9.64. The van der Waals surface area contributed by atoms with Gasteiger partial charge < -0.3 is 10.1 Å². The van der Waals surface area contributed by atoms with Gasteiger partial charge in [0.2, 0.25) is 0 Å². The number of fused-ring (bicyclic) bond motifs is 2. The largest absolute Gasteiger partial charge is 0.375 e. The van der Waals surface area contributed by atoms with E-state index in [-0.39, 0.29) is 5.60 Å². The van der Waals surface area contributed by atoms with Crippen LogP contribution in [0.4, 0.5) is 0 Å². The zero-order valence-electron chi connectivity index (χ0n) is 13.8. The highest BCUT2D eigenvalue weighted by atomic mass is 16.5. The predicted molar refractivity (Wildman–Crippen MR) is 86.3 cm³/mol. The van der Waals surface area contributed by atoms with Crippen LogP contribution >= 0.6 is 0 Å². The van der Waals surface area contributed by atoms with Crippen molar-refractivity contribution in [1.29, 1.82) is 0 Å². The van der Waals surface area contributed by atoms with Crippen LogP contribution in [0.3, 0.4) is 0 Å². The summed E-state index contributed by atoms with van der Waals surface area (Å²) in [6.07, 6.45) is 15.4. The summed E-state index contributed by atoms with van der Waals surface area (Å²) < 4.78 is 6.25. The van der Waals surface area contributed by atoms with Crippen molar-refractivity contribution in [3.8, 4) is 0 Å². The van der Waals surface area contributed by atoms with Crippen LogP contribution in [0.25, 0.3) is 0 Å². The van der Waals surface area contributed by atoms with Gasteiger partial charge in [0.05, 0.1) is 5.60 Å². The quantitative estimate of drug-likeness (QED) is 0.838. The molecule has 3 saturated carbocycles. The minimum absolute atomic E-state index is 0.253. The number of ether oxygens (including phenoxy) is 1. The van der Waals surface area contributed by atoms with Crippen LogP contribution < -0.4 is 5.32 Å². The molecule has 4 fully saturated rings. The standard InChI is InChI=1S/C19H33NO/c1-14(18-12-15-5-6-16(18)11-15)20-17-7-10-21-19(13-17)8-3-2-4-9-19/h14-18,20H,2-13H2,1H3. The third kappa shape index (κ3) is 2.91.